The highest BCUT2D eigenvalue weighted by atomic mass is 16.1. The van der Waals surface area contributed by atoms with Gasteiger partial charge in [-0.1, -0.05) is 12.1 Å². The molecule has 0 saturated carbocycles. The molecule has 0 aliphatic heterocycles. The van der Waals surface area contributed by atoms with Gasteiger partial charge in [-0.3, -0.25) is 19.7 Å². The molecule has 0 saturated heterocycles. The Hall–Kier alpha value is -3.15. The third-order valence-electron chi connectivity index (χ3n) is 3.00. The van der Waals surface area contributed by atoms with E-state index in [4.69, 9.17) is 0 Å². The normalized spacial score (nSPS) is 10.2. The minimum Gasteiger partial charge on any atom is -0.347 e. The molecule has 108 valence electrons. The Morgan fingerprint density at radius 3 is 2.50 bits per heavy atom. The summed E-state index contributed by atoms with van der Waals surface area (Å²) in [6.07, 6.45) is 7.89. The number of hydrogen-bond acceptors (Lipinski definition) is 5. The first-order valence-electron chi connectivity index (χ1n) is 6.73. The zero-order valence-corrected chi connectivity index (χ0v) is 11.7. The lowest BCUT2D eigenvalue weighted by Crippen LogP contribution is -2.23. The van der Waals surface area contributed by atoms with E-state index in [1.165, 1.54) is 18.6 Å². The van der Waals surface area contributed by atoms with Crippen LogP contribution in [0.2, 0.25) is 0 Å². The van der Waals surface area contributed by atoms with Crippen molar-refractivity contribution in [2.45, 2.75) is 6.54 Å². The maximum Gasteiger partial charge on any atom is 0.271 e. The molecule has 0 unspecified atom stereocenters. The number of pyridine rings is 2. The number of carbonyl (C=O) groups excluding carboxylic acids is 1. The van der Waals surface area contributed by atoms with Crippen molar-refractivity contribution in [3.8, 4) is 11.4 Å². The van der Waals surface area contributed by atoms with Gasteiger partial charge in [-0.25, -0.2) is 4.98 Å². The zero-order valence-electron chi connectivity index (χ0n) is 11.7. The molecular formula is C16H13N5O. The van der Waals surface area contributed by atoms with Crippen LogP contribution in [-0.2, 0) is 6.54 Å². The number of nitrogens with zero attached hydrogens (tertiary/aromatic N) is 4. The van der Waals surface area contributed by atoms with E-state index in [9.17, 15) is 4.79 Å². The number of aromatic nitrogens is 4. The van der Waals surface area contributed by atoms with Crippen LogP contribution < -0.4 is 5.32 Å². The smallest absolute Gasteiger partial charge is 0.271 e. The summed E-state index contributed by atoms with van der Waals surface area (Å²) in [5.41, 5.74) is 2.81. The zero-order chi connectivity index (χ0) is 15.2. The Morgan fingerprint density at radius 2 is 1.82 bits per heavy atom. The molecule has 3 aromatic heterocycles. The number of rotatable bonds is 4. The van der Waals surface area contributed by atoms with Crippen molar-refractivity contribution in [3.63, 3.8) is 0 Å². The van der Waals surface area contributed by atoms with Crippen LogP contribution in [0.4, 0.5) is 0 Å². The van der Waals surface area contributed by atoms with E-state index in [0.29, 0.717) is 12.2 Å². The Morgan fingerprint density at radius 1 is 0.909 bits per heavy atom. The predicted octanol–water partition coefficient (Wildman–Crippen LogP) is 1.86. The summed E-state index contributed by atoms with van der Waals surface area (Å²) in [7, 11) is 0. The number of hydrogen-bond donors (Lipinski definition) is 1. The lowest BCUT2D eigenvalue weighted by Gasteiger charge is -2.05. The molecule has 3 rings (SSSR count). The molecule has 0 spiro atoms. The third-order valence-corrected chi connectivity index (χ3v) is 3.00. The van der Waals surface area contributed by atoms with Crippen molar-refractivity contribution < 1.29 is 4.79 Å². The molecule has 6 heteroatoms. The van der Waals surface area contributed by atoms with Gasteiger partial charge in [0.1, 0.15) is 5.69 Å². The molecule has 0 atom stereocenters. The summed E-state index contributed by atoms with van der Waals surface area (Å²) in [6, 6.07) is 9.47. The lowest BCUT2D eigenvalue weighted by atomic mass is 10.2. The molecule has 0 bridgehead atoms. The molecule has 1 N–H and O–H groups in total. The van der Waals surface area contributed by atoms with Gasteiger partial charge in [0.25, 0.3) is 5.91 Å². The first kappa shape index (κ1) is 13.8. The molecule has 3 heterocycles. The number of nitrogens with one attached hydrogen (secondary N) is 1. The van der Waals surface area contributed by atoms with Gasteiger partial charge in [0.05, 0.1) is 17.6 Å². The van der Waals surface area contributed by atoms with E-state index in [1.54, 1.807) is 12.4 Å². The van der Waals surface area contributed by atoms with Crippen molar-refractivity contribution in [1.29, 1.82) is 0 Å². The minimum absolute atomic E-state index is 0.262. The highest BCUT2D eigenvalue weighted by Crippen LogP contribution is 2.13. The van der Waals surface area contributed by atoms with E-state index in [-0.39, 0.29) is 5.91 Å². The topological polar surface area (TPSA) is 80.7 Å². The average molecular weight is 291 g/mol. The summed E-state index contributed by atoms with van der Waals surface area (Å²) in [5.74, 6) is -0.262. The third kappa shape index (κ3) is 3.29. The first-order chi connectivity index (χ1) is 10.8. The number of carbonyl (C=O) groups is 1. The monoisotopic (exact) mass is 291 g/mol. The van der Waals surface area contributed by atoms with Crippen molar-refractivity contribution in [1.82, 2.24) is 25.3 Å². The van der Waals surface area contributed by atoms with Crippen LogP contribution in [0, 0.1) is 0 Å². The Labute approximate surface area is 127 Å². The van der Waals surface area contributed by atoms with E-state index >= 15 is 0 Å². The van der Waals surface area contributed by atoms with Crippen LogP contribution in [0.25, 0.3) is 11.4 Å². The second-order valence-electron chi connectivity index (χ2n) is 4.54. The summed E-state index contributed by atoms with van der Waals surface area (Å²) < 4.78 is 0. The van der Waals surface area contributed by atoms with Crippen molar-refractivity contribution >= 4 is 5.91 Å². The molecule has 0 aliphatic carbocycles. The Kier molecular flexibility index (Phi) is 4.10. The fraction of sp³-hybridized carbons (Fsp3) is 0.0625. The molecule has 22 heavy (non-hydrogen) atoms. The highest BCUT2D eigenvalue weighted by molar-refractivity contribution is 5.91. The lowest BCUT2D eigenvalue weighted by molar-refractivity contribution is 0.0945. The van der Waals surface area contributed by atoms with Crippen LogP contribution in [0.5, 0.6) is 0 Å². The molecule has 1 amide bonds. The summed E-state index contributed by atoms with van der Waals surface area (Å²) in [5, 5.41) is 2.78. The summed E-state index contributed by atoms with van der Waals surface area (Å²) in [4.78, 5) is 28.3. The molecule has 0 aliphatic rings. The largest absolute Gasteiger partial charge is 0.347 e. The van der Waals surface area contributed by atoms with Crippen molar-refractivity contribution in [3.05, 3.63) is 72.6 Å². The Bertz CT molecular complexity index is 745. The van der Waals surface area contributed by atoms with Crippen LogP contribution in [0.3, 0.4) is 0 Å². The minimum atomic E-state index is -0.262. The summed E-state index contributed by atoms with van der Waals surface area (Å²) >= 11 is 0. The number of amides is 1. The second kappa shape index (κ2) is 6.53. The van der Waals surface area contributed by atoms with Crippen LogP contribution in [-0.4, -0.2) is 25.8 Å². The van der Waals surface area contributed by atoms with E-state index in [2.05, 4.69) is 25.3 Å². The van der Waals surface area contributed by atoms with Gasteiger partial charge in [0.2, 0.25) is 0 Å². The van der Waals surface area contributed by atoms with Crippen LogP contribution >= 0.6 is 0 Å². The van der Waals surface area contributed by atoms with E-state index in [1.807, 2.05) is 30.3 Å². The molecule has 6 nitrogen and oxygen atoms in total. The molecule has 3 aromatic rings. The van der Waals surface area contributed by atoms with E-state index < -0.39 is 0 Å². The predicted molar refractivity (Wildman–Crippen MR) is 80.7 cm³/mol. The maximum atomic E-state index is 11.9. The first-order valence-corrected chi connectivity index (χ1v) is 6.73. The maximum absolute atomic E-state index is 11.9. The standard InChI is InChI=1S/C16H13N5O/c22-16(15-11-17-7-8-19-15)21-10-12-4-5-14(20-9-12)13-3-1-2-6-18-13/h1-9,11H,10H2,(H,21,22). The fourth-order valence-corrected chi connectivity index (χ4v) is 1.88. The van der Waals surface area contributed by atoms with E-state index in [0.717, 1.165) is 17.0 Å². The van der Waals surface area contributed by atoms with Gasteiger partial charge in [-0.05, 0) is 23.8 Å². The van der Waals surface area contributed by atoms with Gasteiger partial charge in [-0.15, -0.1) is 0 Å². The fourth-order valence-electron chi connectivity index (χ4n) is 1.88. The van der Waals surface area contributed by atoms with Crippen molar-refractivity contribution in [2.24, 2.45) is 0 Å². The van der Waals surface area contributed by atoms with Crippen molar-refractivity contribution in [2.75, 3.05) is 0 Å². The van der Waals surface area contributed by atoms with Gasteiger partial charge in [-0.2, -0.15) is 0 Å². The molecule has 0 radical (unpaired) electrons. The van der Waals surface area contributed by atoms with Gasteiger partial charge in [0.15, 0.2) is 0 Å². The molecular weight excluding hydrogens is 278 g/mol. The van der Waals surface area contributed by atoms with Crippen LogP contribution in [0.1, 0.15) is 16.1 Å². The highest BCUT2D eigenvalue weighted by Gasteiger charge is 2.06. The quantitative estimate of drug-likeness (QED) is 0.793. The molecule has 0 fully saturated rings. The van der Waals surface area contributed by atoms with Gasteiger partial charge >= 0.3 is 0 Å². The average Bonchev–Trinajstić information content (AvgIpc) is 2.61. The second-order valence-corrected chi connectivity index (χ2v) is 4.54. The molecule has 0 aromatic carbocycles. The SMILES string of the molecule is O=C(NCc1ccc(-c2ccccn2)nc1)c1cnccn1. The van der Waals surface area contributed by atoms with Gasteiger partial charge < -0.3 is 5.32 Å². The Balaban J connectivity index is 1.63. The van der Waals surface area contributed by atoms with Gasteiger partial charge in [0, 0.05) is 31.3 Å². The summed E-state index contributed by atoms with van der Waals surface area (Å²) in [6.45, 7) is 0.380. The van der Waals surface area contributed by atoms with Crippen LogP contribution in [0.15, 0.2) is 61.3 Å².